The van der Waals surface area contributed by atoms with Crippen LogP contribution in [0.2, 0.25) is 0 Å². The van der Waals surface area contributed by atoms with Crippen molar-refractivity contribution < 1.29 is 0 Å². The van der Waals surface area contributed by atoms with Crippen molar-refractivity contribution in [2.75, 3.05) is 0 Å². The topological polar surface area (TPSA) is 56.7 Å². The van der Waals surface area contributed by atoms with Crippen LogP contribution in [0.1, 0.15) is 54.8 Å². The predicted octanol–water partition coefficient (Wildman–Crippen LogP) is 2.92. The van der Waals surface area contributed by atoms with Crippen LogP contribution < -0.4 is 5.73 Å². The number of hydrogen-bond donors (Lipinski definition) is 1. The van der Waals surface area contributed by atoms with Gasteiger partial charge in [-0.15, -0.1) is 0 Å². The van der Waals surface area contributed by atoms with Crippen LogP contribution in [0.15, 0.2) is 18.3 Å². The fourth-order valence-corrected chi connectivity index (χ4v) is 3.48. The third kappa shape index (κ3) is 2.72. The van der Waals surface area contributed by atoms with Gasteiger partial charge in [-0.1, -0.05) is 13.8 Å². The van der Waals surface area contributed by atoms with Gasteiger partial charge in [-0.2, -0.15) is 0 Å². The number of hydrogen-bond acceptors (Lipinski definition) is 3. The molecule has 0 aromatic carbocycles. The second-order valence-corrected chi connectivity index (χ2v) is 7.02. The molecule has 0 saturated carbocycles. The number of aromatic nitrogens is 3. The molecule has 4 nitrogen and oxygen atoms in total. The van der Waals surface area contributed by atoms with E-state index in [4.69, 9.17) is 5.73 Å². The lowest BCUT2D eigenvalue weighted by Gasteiger charge is -2.34. The zero-order chi connectivity index (χ0) is 15.2. The van der Waals surface area contributed by atoms with Crippen molar-refractivity contribution in [1.29, 1.82) is 0 Å². The highest BCUT2D eigenvalue weighted by molar-refractivity contribution is 5.34. The molecule has 3 rings (SSSR count). The molecule has 0 fully saturated rings. The maximum atomic E-state index is 6.38. The fourth-order valence-electron chi connectivity index (χ4n) is 3.48. The minimum Gasteiger partial charge on any atom is -0.343 e. The molecule has 0 radical (unpaired) electrons. The van der Waals surface area contributed by atoms with E-state index in [1.807, 2.05) is 19.2 Å². The minimum absolute atomic E-state index is 0.149. The molecular formula is C17H24N4. The first-order valence-electron chi connectivity index (χ1n) is 7.59. The average Bonchev–Trinajstić information content (AvgIpc) is 2.66. The van der Waals surface area contributed by atoms with Gasteiger partial charge in [-0.25, -0.2) is 9.97 Å². The first-order chi connectivity index (χ1) is 9.85. The normalized spacial score (nSPS) is 20.3. The zero-order valence-corrected chi connectivity index (χ0v) is 13.3. The molecule has 112 valence electrons. The maximum Gasteiger partial charge on any atom is 0.125 e. The molecule has 2 aromatic heterocycles. The lowest BCUT2D eigenvalue weighted by Crippen LogP contribution is -2.30. The summed E-state index contributed by atoms with van der Waals surface area (Å²) in [6.07, 6.45) is 3.96. The molecule has 0 amide bonds. The van der Waals surface area contributed by atoms with Gasteiger partial charge in [0.15, 0.2) is 0 Å². The van der Waals surface area contributed by atoms with Crippen LogP contribution in [-0.2, 0) is 13.0 Å². The zero-order valence-electron chi connectivity index (χ0n) is 13.3. The third-order valence-electron chi connectivity index (χ3n) is 4.42. The van der Waals surface area contributed by atoms with Gasteiger partial charge >= 0.3 is 0 Å². The van der Waals surface area contributed by atoms with Gasteiger partial charge in [0, 0.05) is 23.6 Å². The highest BCUT2D eigenvalue weighted by Gasteiger charge is 2.33. The minimum atomic E-state index is 0.149. The quantitative estimate of drug-likeness (QED) is 0.922. The van der Waals surface area contributed by atoms with Crippen molar-refractivity contribution >= 4 is 0 Å². The molecule has 21 heavy (non-hydrogen) atoms. The molecule has 0 spiro atoms. The molecule has 0 saturated heterocycles. The van der Waals surface area contributed by atoms with Crippen LogP contribution in [-0.4, -0.2) is 14.5 Å². The fraction of sp³-hybridized carbons (Fsp3) is 0.529. The van der Waals surface area contributed by atoms with E-state index in [0.717, 1.165) is 30.9 Å². The SMILES string of the molecule is Cc1nccc(Cn2c(C)cc3c2CC(C)(C)CC3N)n1. The van der Waals surface area contributed by atoms with E-state index < -0.39 is 0 Å². The Hall–Kier alpha value is -1.68. The smallest absolute Gasteiger partial charge is 0.125 e. The largest absolute Gasteiger partial charge is 0.343 e. The summed E-state index contributed by atoms with van der Waals surface area (Å²) in [6.45, 7) is 9.49. The summed E-state index contributed by atoms with van der Waals surface area (Å²) in [4.78, 5) is 8.70. The van der Waals surface area contributed by atoms with E-state index >= 15 is 0 Å². The summed E-state index contributed by atoms with van der Waals surface area (Å²) in [5, 5.41) is 0. The Morgan fingerprint density at radius 3 is 2.86 bits per heavy atom. The highest BCUT2D eigenvalue weighted by Crippen LogP contribution is 2.41. The Labute approximate surface area is 126 Å². The maximum absolute atomic E-state index is 6.38. The highest BCUT2D eigenvalue weighted by atomic mass is 15.0. The van der Waals surface area contributed by atoms with Crippen LogP contribution in [0, 0.1) is 19.3 Å². The molecule has 1 aliphatic carbocycles. The molecule has 1 aliphatic rings. The number of aryl methyl sites for hydroxylation is 2. The third-order valence-corrected chi connectivity index (χ3v) is 4.42. The van der Waals surface area contributed by atoms with Gasteiger partial charge in [0.05, 0.1) is 12.2 Å². The summed E-state index contributed by atoms with van der Waals surface area (Å²) < 4.78 is 2.37. The van der Waals surface area contributed by atoms with Crippen molar-refractivity contribution in [3.05, 3.63) is 46.8 Å². The van der Waals surface area contributed by atoms with Crippen molar-refractivity contribution in [2.24, 2.45) is 11.1 Å². The Kier molecular flexibility index (Phi) is 3.36. The van der Waals surface area contributed by atoms with Crippen molar-refractivity contribution in [2.45, 2.75) is 53.1 Å². The summed E-state index contributed by atoms with van der Waals surface area (Å²) in [7, 11) is 0. The molecule has 1 unspecified atom stereocenters. The molecule has 2 aromatic rings. The molecule has 1 atom stereocenters. The van der Waals surface area contributed by atoms with E-state index in [2.05, 4.69) is 41.4 Å². The van der Waals surface area contributed by atoms with Gasteiger partial charge in [-0.3, -0.25) is 0 Å². The number of nitrogens with zero attached hydrogens (tertiary/aromatic N) is 3. The Balaban J connectivity index is 2.00. The second-order valence-electron chi connectivity index (χ2n) is 7.02. The van der Waals surface area contributed by atoms with Crippen LogP contribution in [0.4, 0.5) is 0 Å². The van der Waals surface area contributed by atoms with E-state index in [1.165, 1.54) is 17.0 Å². The Morgan fingerprint density at radius 1 is 1.38 bits per heavy atom. The van der Waals surface area contributed by atoms with Gasteiger partial charge in [0.1, 0.15) is 5.82 Å². The van der Waals surface area contributed by atoms with Gasteiger partial charge in [0.25, 0.3) is 0 Å². The number of nitrogens with two attached hydrogens (primary N) is 1. The summed E-state index contributed by atoms with van der Waals surface area (Å²) in [5.41, 5.74) is 11.7. The number of fused-ring (bicyclic) bond motifs is 1. The monoisotopic (exact) mass is 284 g/mol. The van der Waals surface area contributed by atoms with Gasteiger partial charge in [0.2, 0.25) is 0 Å². The Morgan fingerprint density at radius 2 is 2.14 bits per heavy atom. The molecule has 0 bridgehead atoms. The number of rotatable bonds is 2. The van der Waals surface area contributed by atoms with Gasteiger partial charge < -0.3 is 10.3 Å². The lowest BCUT2D eigenvalue weighted by atomic mass is 9.74. The lowest BCUT2D eigenvalue weighted by molar-refractivity contribution is 0.275. The first-order valence-corrected chi connectivity index (χ1v) is 7.59. The van der Waals surface area contributed by atoms with E-state index in [0.29, 0.717) is 0 Å². The van der Waals surface area contributed by atoms with E-state index in [1.54, 1.807) is 0 Å². The van der Waals surface area contributed by atoms with E-state index in [9.17, 15) is 0 Å². The summed E-state index contributed by atoms with van der Waals surface area (Å²) in [6, 6.07) is 4.39. The van der Waals surface area contributed by atoms with Gasteiger partial charge in [-0.05, 0) is 49.8 Å². The predicted molar refractivity (Wildman–Crippen MR) is 84.1 cm³/mol. The van der Waals surface area contributed by atoms with Crippen LogP contribution >= 0.6 is 0 Å². The second kappa shape index (κ2) is 4.95. The van der Waals surface area contributed by atoms with Crippen LogP contribution in [0.25, 0.3) is 0 Å². The van der Waals surface area contributed by atoms with E-state index in [-0.39, 0.29) is 11.5 Å². The average molecular weight is 284 g/mol. The Bertz CT molecular complexity index is 669. The summed E-state index contributed by atoms with van der Waals surface area (Å²) >= 11 is 0. The van der Waals surface area contributed by atoms with Crippen molar-refractivity contribution in [1.82, 2.24) is 14.5 Å². The molecule has 2 N–H and O–H groups in total. The van der Waals surface area contributed by atoms with Crippen molar-refractivity contribution in [3.8, 4) is 0 Å². The van der Waals surface area contributed by atoms with Crippen molar-refractivity contribution in [3.63, 3.8) is 0 Å². The molecule has 0 aliphatic heterocycles. The molecule has 2 heterocycles. The first kappa shape index (κ1) is 14.3. The molecular weight excluding hydrogens is 260 g/mol. The molecule has 4 heteroatoms. The van der Waals surface area contributed by atoms with Crippen LogP contribution in [0.3, 0.4) is 0 Å². The van der Waals surface area contributed by atoms with Crippen LogP contribution in [0.5, 0.6) is 0 Å². The summed E-state index contributed by atoms with van der Waals surface area (Å²) in [5.74, 6) is 0.822. The standard InChI is InChI=1S/C17H24N4/c1-11-7-14-15(18)8-17(3,4)9-16(14)21(11)10-13-5-6-19-12(2)20-13/h5-7,15H,8-10,18H2,1-4H3.